The Kier molecular flexibility index (Phi) is 48.6. The molecule has 0 spiro atoms. The number of carbonyl (C=O) groups is 2. The Labute approximate surface area is 368 Å². The van der Waals surface area contributed by atoms with E-state index < -0.39 is 12.1 Å². The Morgan fingerprint density at radius 1 is 0.407 bits per heavy atom. The normalized spacial score (nSPS) is 12.5. The second-order valence-corrected chi connectivity index (χ2v) is 18.6. The predicted molar refractivity (Wildman–Crippen MR) is 255 cm³/mol. The van der Waals surface area contributed by atoms with Crippen molar-refractivity contribution in [2.45, 2.75) is 315 Å². The van der Waals surface area contributed by atoms with Gasteiger partial charge >= 0.3 is 5.97 Å². The smallest absolute Gasteiger partial charge is 0.305 e. The number of rotatable bonds is 50. The van der Waals surface area contributed by atoms with Crippen molar-refractivity contribution in [3.8, 4) is 0 Å². The maximum absolute atomic E-state index is 12.4. The van der Waals surface area contributed by atoms with Crippen molar-refractivity contribution in [1.29, 1.82) is 0 Å². The molecule has 0 radical (unpaired) electrons. The van der Waals surface area contributed by atoms with Gasteiger partial charge in [-0.3, -0.25) is 9.59 Å². The summed E-state index contributed by atoms with van der Waals surface area (Å²) in [6, 6.07) is -0.546. The molecule has 0 bridgehead atoms. The Morgan fingerprint density at radius 2 is 0.695 bits per heavy atom. The van der Waals surface area contributed by atoms with Gasteiger partial charge in [0.05, 0.1) is 25.4 Å². The first-order chi connectivity index (χ1) is 29.0. The first-order valence-corrected chi connectivity index (χ1v) is 26.8. The van der Waals surface area contributed by atoms with Crippen LogP contribution >= 0.6 is 0 Å². The molecule has 0 saturated heterocycles. The third-order valence-electron chi connectivity index (χ3n) is 12.7. The molecule has 59 heavy (non-hydrogen) atoms. The molecule has 6 nitrogen and oxygen atoms in total. The highest BCUT2D eigenvalue weighted by molar-refractivity contribution is 5.76. The molecule has 0 heterocycles. The van der Waals surface area contributed by atoms with Crippen LogP contribution in [-0.4, -0.2) is 47.4 Å². The number of amides is 1. The Balaban J connectivity index is 3.40. The molecule has 352 valence electrons. The van der Waals surface area contributed by atoms with Crippen LogP contribution < -0.4 is 5.32 Å². The van der Waals surface area contributed by atoms with E-state index in [-0.39, 0.29) is 18.5 Å². The van der Waals surface area contributed by atoms with Crippen LogP contribution in [0.2, 0.25) is 0 Å². The highest BCUT2D eigenvalue weighted by Crippen LogP contribution is 2.17. The van der Waals surface area contributed by atoms with Crippen LogP contribution in [0.25, 0.3) is 0 Å². The molecule has 1 amide bonds. The van der Waals surface area contributed by atoms with E-state index in [9.17, 15) is 19.8 Å². The van der Waals surface area contributed by atoms with E-state index in [0.717, 1.165) is 51.4 Å². The van der Waals surface area contributed by atoms with Crippen molar-refractivity contribution in [2.75, 3.05) is 13.2 Å². The number of aliphatic hydroxyl groups is 2. The summed E-state index contributed by atoms with van der Waals surface area (Å²) in [5.41, 5.74) is 0. The van der Waals surface area contributed by atoms with Crippen molar-refractivity contribution in [3.63, 3.8) is 0 Å². The number of nitrogens with one attached hydrogen (secondary N) is 1. The van der Waals surface area contributed by atoms with E-state index >= 15 is 0 Å². The quantitative estimate of drug-likeness (QED) is 0.0419. The van der Waals surface area contributed by atoms with Crippen molar-refractivity contribution >= 4 is 11.9 Å². The van der Waals surface area contributed by atoms with Gasteiger partial charge in [0.1, 0.15) is 0 Å². The summed E-state index contributed by atoms with van der Waals surface area (Å²) in [5.74, 6) is -0.0425. The van der Waals surface area contributed by atoms with Gasteiger partial charge in [-0.25, -0.2) is 0 Å². The Morgan fingerprint density at radius 3 is 1.03 bits per heavy atom. The fraction of sp³-hybridized carbons (Fsp3) is 0.962. The number of hydrogen-bond donors (Lipinski definition) is 3. The highest BCUT2D eigenvalue weighted by atomic mass is 16.5. The molecule has 2 unspecified atom stereocenters. The zero-order chi connectivity index (χ0) is 43.0. The predicted octanol–water partition coefficient (Wildman–Crippen LogP) is 16.0. The molecule has 0 aromatic carbocycles. The second kappa shape index (κ2) is 49.5. The molecule has 0 aliphatic heterocycles. The summed E-state index contributed by atoms with van der Waals surface area (Å²) in [4.78, 5) is 24.5. The third kappa shape index (κ3) is 46.2. The minimum Gasteiger partial charge on any atom is -0.466 e. The Bertz CT molecular complexity index is 837. The summed E-state index contributed by atoms with van der Waals surface area (Å²) < 4.78 is 5.48. The summed E-state index contributed by atoms with van der Waals surface area (Å²) in [6.45, 7) is 4.94. The lowest BCUT2D eigenvalue weighted by Gasteiger charge is -2.22. The minimum atomic E-state index is -0.668. The van der Waals surface area contributed by atoms with Gasteiger partial charge in [0.25, 0.3) is 0 Å². The van der Waals surface area contributed by atoms with Gasteiger partial charge < -0.3 is 20.3 Å². The fourth-order valence-electron chi connectivity index (χ4n) is 8.52. The average molecular weight is 836 g/mol. The number of ether oxygens (including phenoxy) is 1. The summed E-state index contributed by atoms with van der Waals surface area (Å²) in [5, 5.41) is 23.2. The number of carbonyl (C=O) groups excluding carboxylic acids is 2. The van der Waals surface area contributed by atoms with E-state index in [1.54, 1.807) is 0 Å². The molecule has 0 fully saturated rings. The lowest BCUT2D eigenvalue weighted by atomic mass is 10.0. The maximum atomic E-state index is 12.4. The third-order valence-corrected chi connectivity index (χ3v) is 12.7. The molecule has 6 heteroatoms. The first-order valence-electron chi connectivity index (χ1n) is 26.8. The van der Waals surface area contributed by atoms with Crippen molar-refractivity contribution < 1.29 is 24.5 Å². The summed E-state index contributed by atoms with van der Waals surface area (Å²) in [6.07, 6.45) is 55.0. The van der Waals surface area contributed by atoms with Crippen molar-refractivity contribution in [2.24, 2.45) is 0 Å². The van der Waals surface area contributed by atoms with Crippen LogP contribution in [0.3, 0.4) is 0 Å². The lowest BCUT2D eigenvalue weighted by molar-refractivity contribution is -0.143. The summed E-state index contributed by atoms with van der Waals surface area (Å²) >= 11 is 0. The SMILES string of the molecule is CCCCCCCCCCCCCCCCCCC(=O)OCCCCCCCCCCCCCCCCC(=O)NC(CO)C(O)CCCCCCCCCCCCCC. The largest absolute Gasteiger partial charge is 0.466 e. The molecule has 0 saturated carbocycles. The van der Waals surface area contributed by atoms with Crippen LogP contribution in [0.4, 0.5) is 0 Å². The van der Waals surface area contributed by atoms with Gasteiger partial charge in [-0.1, -0.05) is 264 Å². The van der Waals surface area contributed by atoms with Crippen LogP contribution in [-0.2, 0) is 14.3 Å². The molecule has 0 aliphatic rings. The Hall–Kier alpha value is -1.14. The number of hydrogen-bond acceptors (Lipinski definition) is 5. The standard InChI is InChI=1S/C53H105NO5/c1-3-5-7-9-11-13-15-17-18-19-23-27-31-35-39-43-47-53(58)59-48-44-40-36-32-28-24-21-20-22-26-30-34-38-42-46-52(57)54-50(49-55)51(56)45-41-37-33-29-25-16-14-12-10-8-6-4-2/h50-51,55-56H,3-49H2,1-2H3,(H,54,57). The molecular weight excluding hydrogens is 731 g/mol. The second-order valence-electron chi connectivity index (χ2n) is 18.6. The monoisotopic (exact) mass is 836 g/mol. The molecular formula is C53H105NO5. The number of unbranched alkanes of at least 4 members (excludes halogenated alkanes) is 39. The fourth-order valence-corrected chi connectivity index (χ4v) is 8.52. The molecule has 0 rings (SSSR count). The van der Waals surface area contributed by atoms with Crippen molar-refractivity contribution in [3.05, 3.63) is 0 Å². The lowest BCUT2D eigenvalue weighted by Crippen LogP contribution is -2.45. The van der Waals surface area contributed by atoms with Gasteiger partial charge in [0, 0.05) is 12.8 Å². The van der Waals surface area contributed by atoms with E-state index in [1.807, 2.05) is 0 Å². The van der Waals surface area contributed by atoms with Crippen LogP contribution in [0.15, 0.2) is 0 Å². The number of esters is 1. The molecule has 3 N–H and O–H groups in total. The van der Waals surface area contributed by atoms with Crippen molar-refractivity contribution in [1.82, 2.24) is 5.32 Å². The van der Waals surface area contributed by atoms with E-state index in [1.165, 1.54) is 218 Å². The molecule has 2 atom stereocenters. The topological polar surface area (TPSA) is 95.9 Å². The molecule has 0 aromatic rings. The van der Waals surface area contributed by atoms with Gasteiger partial charge in [0.2, 0.25) is 5.91 Å². The van der Waals surface area contributed by atoms with Gasteiger partial charge in [-0.2, -0.15) is 0 Å². The molecule has 0 aromatic heterocycles. The molecule has 0 aliphatic carbocycles. The maximum Gasteiger partial charge on any atom is 0.305 e. The summed E-state index contributed by atoms with van der Waals surface area (Å²) in [7, 11) is 0. The average Bonchev–Trinajstić information content (AvgIpc) is 3.24. The highest BCUT2D eigenvalue weighted by Gasteiger charge is 2.20. The van der Waals surface area contributed by atoms with Gasteiger partial charge in [-0.05, 0) is 25.7 Å². The van der Waals surface area contributed by atoms with E-state index in [4.69, 9.17) is 4.74 Å². The first kappa shape index (κ1) is 57.9. The zero-order valence-corrected chi connectivity index (χ0v) is 40.0. The van der Waals surface area contributed by atoms with Crippen LogP contribution in [0, 0.1) is 0 Å². The number of aliphatic hydroxyl groups excluding tert-OH is 2. The van der Waals surface area contributed by atoms with Gasteiger partial charge in [-0.15, -0.1) is 0 Å². The van der Waals surface area contributed by atoms with E-state index in [0.29, 0.717) is 25.9 Å². The van der Waals surface area contributed by atoms with E-state index in [2.05, 4.69) is 19.2 Å². The van der Waals surface area contributed by atoms with Crippen LogP contribution in [0.5, 0.6) is 0 Å². The zero-order valence-electron chi connectivity index (χ0n) is 40.0. The van der Waals surface area contributed by atoms with Crippen LogP contribution in [0.1, 0.15) is 303 Å². The minimum absolute atomic E-state index is 0.00182. The van der Waals surface area contributed by atoms with Gasteiger partial charge in [0.15, 0.2) is 0 Å².